The zero-order valence-electron chi connectivity index (χ0n) is 13.5. The van der Waals surface area contributed by atoms with Gasteiger partial charge in [0, 0.05) is 32.6 Å². The molecule has 5 heteroatoms. The van der Waals surface area contributed by atoms with Gasteiger partial charge in [0.15, 0.2) is 0 Å². The van der Waals surface area contributed by atoms with Crippen LogP contribution in [-0.4, -0.2) is 41.8 Å². The fraction of sp³-hybridized carbons (Fsp3) is 0.556. The number of carbonyl (C=O) groups excluding carboxylic acids is 2. The molecule has 1 aliphatic heterocycles. The number of piperidine rings is 1. The third kappa shape index (κ3) is 3.89. The Morgan fingerprint density at radius 1 is 1.26 bits per heavy atom. The van der Waals surface area contributed by atoms with Gasteiger partial charge in [0.25, 0.3) is 0 Å². The molecule has 2 aliphatic rings. The summed E-state index contributed by atoms with van der Waals surface area (Å²) in [5.74, 6) is 0.0407. The van der Waals surface area contributed by atoms with Gasteiger partial charge in [0.05, 0.1) is 5.92 Å². The first-order chi connectivity index (χ1) is 11.0. The first-order valence-corrected chi connectivity index (χ1v) is 8.33. The van der Waals surface area contributed by atoms with E-state index in [9.17, 15) is 14.0 Å². The van der Waals surface area contributed by atoms with Gasteiger partial charge in [-0.05, 0) is 43.4 Å². The van der Waals surface area contributed by atoms with E-state index in [1.807, 2.05) is 11.0 Å². The Morgan fingerprint density at radius 2 is 2.04 bits per heavy atom. The van der Waals surface area contributed by atoms with Gasteiger partial charge in [-0.15, -0.1) is 0 Å². The Labute approximate surface area is 136 Å². The molecule has 0 radical (unpaired) electrons. The summed E-state index contributed by atoms with van der Waals surface area (Å²) in [4.78, 5) is 28.3. The van der Waals surface area contributed by atoms with E-state index in [0.29, 0.717) is 13.1 Å². The van der Waals surface area contributed by atoms with Crippen molar-refractivity contribution >= 4 is 11.8 Å². The van der Waals surface area contributed by atoms with Crippen molar-refractivity contribution in [3.05, 3.63) is 35.6 Å². The Kier molecular flexibility index (Phi) is 4.64. The first-order valence-electron chi connectivity index (χ1n) is 8.33. The largest absolute Gasteiger partial charge is 0.342 e. The van der Waals surface area contributed by atoms with Crippen LogP contribution in [0.25, 0.3) is 0 Å². The van der Waals surface area contributed by atoms with E-state index in [4.69, 9.17) is 0 Å². The van der Waals surface area contributed by atoms with Crippen molar-refractivity contribution < 1.29 is 14.0 Å². The standard InChI is InChI=1S/C18H23FN2O2/c1-20(11-13-4-2-6-16(19)10-13)17(22)15-5-3-9-21(12-15)18(23)14-7-8-14/h2,4,6,10,14-15H,3,5,7-9,11-12H2,1H3. The minimum absolute atomic E-state index is 0.0440. The quantitative estimate of drug-likeness (QED) is 0.855. The third-order valence-electron chi connectivity index (χ3n) is 4.69. The average molecular weight is 318 g/mol. The SMILES string of the molecule is CN(Cc1cccc(F)c1)C(=O)C1CCCN(C(=O)C2CC2)C1. The van der Waals surface area contributed by atoms with Gasteiger partial charge in [0.1, 0.15) is 5.82 Å². The average Bonchev–Trinajstić information content (AvgIpc) is 3.38. The van der Waals surface area contributed by atoms with E-state index < -0.39 is 0 Å². The van der Waals surface area contributed by atoms with E-state index in [1.165, 1.54) is 12.1 Å². The molecule has 124 valence electrons. The Hall–Kier alpha value is -1.91. The maximum Gasteiger partial charge on any atom is 0.227 e. The second-order valence-corrected chi connectivity index (χ2v) is 6.72. The zero-order chi connectivity index (χ0) is 16.4. The van der Waals surface area contributed by atoms with E-state index >= 15 is 0 Å². The van der Waals surface area contributed by atoms with Crippen LogP contribution in [0, 0.1) is 17.7 Å². The summed E-state index contributed by atoms with van der Waals surface area (Å²) in [6.07, 6.45) is 3.68. The minimum Gasteiger partial charge on any atom is -0.342 e. The normalized spacial score (nSPS) is 21.1. The molecule has 1 saturated heterocycles. The van der Waals surface area contributed by atoms with Gasteiger partial charge in [-0.25, -0.2) is 4.39 Å². The molecule has 3 rings (SSSR count). The molecular weight excluding hydrogens is 295 g/mol. The highest BCUT2D eigenvalue weighted by Gasteiger charge is 2.37. The lowest BCUT2D eigenvalue weighted by Crippen LogP contribution is -2.46. The van der Waals surface area contributed by atoms with Crippen LogP contribution in [0.1, 0.15) is 31.2 Å². The summed E-state index contributed by atoms with van der Waals surface area (Å²) in [7, 11) is 1.74. The van der Waals surface area contributed by atoms with Crippen molar-refractivity contribution in [1.82, 2.24) is 9.80 Å². The number of hydrogen-bond donors (Lipinski definition) is 0. The minimum atomic E-state index is -0.290. The summed E-state index contributed by atoms with van der Waals surface area (Å²) in [6, 6.07) is 6.32. The molecule has 1 atom stereocenters. The van der Waals surface area contributed by atoms with Gasteiger partial charge < -0.3 is 9.80 Å². The zero-order valence-corrected chi connectivity index (χ0v) is 13.5. The summed E-state index contributed by atoms with van der Waals surface area (Å²) in [5, 5.41) is 0. The van der Waals surface area contributed by atoms with Crippen molar-refractivity contribution in [2.24, 2.45) is 11.8 Å². The molecular formula is C18H23FN2O2. The maximum atomic E-state index is 13.2. The second kappa shape index (κ2) is 6.69. The molecule has 1 aromatic rings. The number of carbonyl (C=O) groups is 2. The van der Waals surface area contributed by atoms with Gasteiger partial charge >= 0.3 is 0 Å². The molecule has 4 nitrogen and oxygen atoms in total. The third-order valence-corrected chi connectivity index (χ3v) is 4.69. The highest BCUT2D eigenvalue weighted by Crippen LogP contribution is 2.32. The second-order valence-electron chi connectivity index (χ2n) is 6.72. The highest BCUT2D eigenvalue weighted by molar-refractivity contribution is 5.83. The van der Waals surface area contributed by atoms with Gasteiger partial charge in [0.2, 0.25) is 11.8 Å². The van der Waals surface area contributed by atoms with Gasteiger partial charge in [-0.1, -0.05) is 12.1 Å². The predicted molar refractivity (Wildman–Crippen MR) is 84.9 cm³/mol. The van der Waals surface area contributed by atoms with Crippen LogP contribution in [-0.2, 0) is 16.1 Å². The van der Waals surface area contributed by atoms with Crippen molar-refractivity contribution in [1.29, 1.82) is 0 Å². The topological polar surface area (TPSA) is 40.6 Å². The van der Waals surface area contributed by atoms with Crippen molar-refractivity contribution in [2.75, 3.05) is 20.1 Å². The maximum absolute atomic E-state index is 13.2. The van der Waals surface area contributed by atoms with Crippen LogP contribution in [0.3, 0.4) is 0 Å². The molecule has 1 aliphatic carbocycles. The number of amides is 2. The van der Waals surface area contributed by atoms with Crippen LogP contribution in [0.5, 0.6) is 0 Å². The molecule has 0 N–H and O–H groups in total. The van der Waals surface area contributed by atoms with Crippen LogP contribution in [0.4, 0.5) is 4.39 Å². The molecule has 0 spiro atoms. The van der Waals surface area contributed by atoms with Crippen LogP contribution < -0.4 is 0 Å². The summed E-state index contributed by atoms with van der Waals surface area (Å²) >= 11 is 0. The molecule has 2 fully saturated rings. The lowest BCUT2D eigenvalue weighted by molar-refractivity contribution is -0.141. The van der Waals surface area contributed by atoms with E-state index in [-0.39, 0.29) is 29.5 Å². The number of nitrogens with zero attached hydrogens (tertiary/aromatic N) is 2. The highest BCUT2D eigenvalue weighted by atomic mass is 19.1. The molecule has 2 amide bonds. The van der Waals surface area contributed by atoms with Crippen LogP contribution in [0.2, 0.25) is 0 Å². The predicted octanol–water partition coefficient (Wildman–Crippen LogP) is 2.43. The number of likely N-dealkylation sites (tertiary alicyclic amines) is 1. The van der Waals surface area contributed by atoms with Crippen LogP contribution in [0.15, 0.2) is 24.3 Å². The van der Waals surface area contributed by atoms with E-state index in [0.717, 1.165) is 37.8 Å². The molecule has 0 aromatic heterocycles. The van der Waals surface area contributed by atoms with Crippen molar-refractivity contribution in [2.45, 2.75) is 32.2 Å². The number of hydrogen-bond acceptors (Lipinski definition) is 2. The number of halogens is 1. The summed E-state index contributed by atoms with van der Waals surface area (Å²) < 4.78 is 13.2. The molecule has 1 aromatic carbocycles. The molecule has 1 saturated carbocycles. The molecule has 1 unspecified atom stereocenters. The first kappa shape index (κ1) is 16.0. The molecule has 23 heavy (non-hydrogen) atoms. The van der Waals surface area contributed by atoms with E-state index in [2.05, 4.69) is 0 Å². The van der Waals surface area contributed by atoms with Crippen molar-refractivity contribution in [3.63, 3.8) is 0 Å². The fourth-order valence-corrected chi connectivity index (χ4v) is 3.27. The van der Waals surface area contributed by atoms with Crippen molar-refractivity contribution in [3.8, 4) is 0 Å². The Bertz CT molecular complexity index is 600. The molecule has 1 heterocycles. The lowest BCUT2D eigenvalue weighted by atomic mass is 9.96. The van der Waals surface area contributed by atoms with Gasteiger partial charge in [-0.2, -0.15) is 0 Å². The fourth-order valence-electron chi connectivity index (χ4n) is 3.27. The summed E-state index contributed by atoms with van der Waals surface area (Å²) in [6.45, 7) is 1.69. The van der Waals surface area contributed by atoms with Crippen LogP contribution >= 0.6 is 0 Å². The van der Waals surface area contributed by atoms with Gasteiger partial charge in [-0.3, -0.25) is 9.59 Å². The van der Waals surface area contributed by atoms with E-state index in [1.54, 1.807) is 18.0 Å². The Balaban J connectivity index is 1.58. The Morgan fingerprint density at radius 3 is 2.74 bits per heavy atom. The smallest absolute Gasteiger partial charge is 0.227 e. The number of rotatable bonds is 4. The molecule has 0 bridgehead atoms. The number of benzene rings is 1. The lowest BCUT2D eigenvalue weighted by Gasteiger charge is -2.34. The summed E-state index contributed by atoms with van der Waals surface area (Å²) in [5.41, 5.74) is 0.780. The monoisotopic (exact) mass is 318 g/mol.